The Labute approximate surface area is 172 Å². The molecular weight excluding hydrogens is 454 g/mol. The molecule has 8 heteroatoms. The van der Waals surface area contributed by atoms with Gasteiger partial charge in [-0.25, -0.2) is 0 Å². The first-order valence-corrected chi connectivity index (χ1v) is 9.84. The molecule has 1 amide bonds. The van der Waals surface area contributed by atoms with Crippen molar-refractivity contribution < 1.29 is 19.1 Å². The normalized spacial score (nSPS) is 10.6. The van der Waals surface area contributed by atoms with Crippen molar-refractivity contribution in [3.05, 3.63) is 68.5 Å². The Morgan fingerprint density at radius 3 is 2.48 bits per heavy atom. The zero-order chi connectivity index (χ0) is 19.4. The lowest BCUT2D eigenvalue weighted by Gasteiger charge is -2.06. The van der Waals surface area contributed by atoms with E-state index in [1.165, 1.54) is 11.3 Å². The minimum Gasteiger partial charge on any atom is -0.456 e. The number of carbonyl (C=O) groups is 3. The van der Waals surface area contributed by atoms with E-state index in [1.807, 2.05) is 24.3 Å². The van der Waals surface area contributed by atoms with E-state index in [0.717, 1.165) is 14.6 Å². The summed E-state index contributed by atoms with van der Waals surface area (Å²) in [5.74, 6) is -1.49. The van der Waals surface area contributed by atoms with Gasteiger partial charge in [-0.3, -0.25) is 14.4 Å². The molecule has 0 aliphatic carbocycles. The van der Waals surface area contributed by atoms with Gasteiger partial charge < -0.3 is 10.1 Å². The summed E-state index contributed by atoms with van der Waals surface area (Å²) in [6.45, 7) is -0.739. The zero-order valence-electron chi connectivity index (χ0n) is 13.8. The largest absolute Gasteiger partial charge is 0.456 e. The summed E-state index contributed by atoms with van der Waals surface area (Å²) < 4.78 is 6.65. The second kappa shape index (κ2) is 8.65. The van der Waals surface area contributed by atoms with E-state index in [2.05, 4.69) is 21.2 Å². The fraction of sp³-hybridized carbons (Fsp3) is 0.105. The van der Waals surface area contributed by atoms with Crippen LogP contribution in [-0.2, 0) is 9.53 Å². The Morgan fingerprint density at radius 2 is 1.78 bits per heavy atom. The number of ketones is 1. The number of nitrogens with one attached hydrogen (secondary N) is 1. The van der Waals surface area contributed by atoms with Gasteiger partial charge >= 0.3 is 5.97 Å². The number of carbonyl (C=O) groups excluding carboxylic acids is 3. The number of ether oxygens (including phenoxy) is 1. The molecule has 0 radical (unpaired) electrons. The fourth-order valence-corrected chi connectivity index (χ4v) is 4.01. The van der Waals surface area contributed by atoms with Gasteiger partial charge in [-0.15, -0.1) is 11.3 Å². The number of fused-ring (bicyclic) bond motifs is 1. The van der Waals surface area contributed by atoms with Crippen LogP contribution in [0.2, 0.25) is 5.02 Å². The van der Waals surface area contributed by atoms with Crippen molar-refractivity contribution in [1.29, 1.82) is 0 Å². The van der Waals surface area contributed by atoms with Crippen molar-refractivity contribution in [3.8, 4) is 0 Å². The molecule has 0 unspecified atom stereocenters. The maximum Gasteiger partial charge on any atom is 0.325 e. The number of Topliss-reactive ketones (excluding diaryl/α,β-unsaturated/α-hetero) is 1. The molecule has 2 aromatic carbocycles. The number of rotatable bonds is 6. The highest BCUT2D eigenvalue weighted by molar-refractivity contribution is 9.10. The third-order valence-electron chi connectivity index (χ3n) is 3.66. The van der Waals surface area contributed by atoms with Gasteiger partial charge in [0.2, 0.25) is 0 Å². The first-order chi connectivity index (χ1) is 13.0. The highest BCUT2D eigenvalue weighted by atomic mass is 79.9. The van der Waals surface area contributed by atoms with E-state index in [0.29, 0.717) is 15.5 Å². The molecule has 1 aromatic heterocycles. The van der Waals surface area contributed by atoms with Crippen molar-refractivity contribution >= 4 is 66.6 Å². The van der Waals surface area contributed by atoms with Gasteiger partial charge in [-0.1, -0.05) is 57.9 Å². The number of hydrogen-bond donors (Lipinski definition) is 1. The Morgan fingerprint density at radius 1 is 1.07 bits per heavy atom. The number of esters is 1. The quantitative estimate of drug-likeness (QED) is 0.430. The number of hydrogen-bond acceptors (Lipinski definition) is 5. The highest BCUT2D eigenvalue weighted by Crippen LogP contribution is 2.34. The Kier molecular flexibility index (Phi) is 6.26. The summed E-state index contributed by atoms with van der Waals surface area (Å²) in [5.41, 5.74) is 0.437. The SMILES string of the molecule is O=C(CNC(=O)c1sc2ccccc2c1Cl)OCC(=O)c1ccc(Br)cc1. The fourth-order valence-electron chi connectivity index (χ4n) is 2.31. The maximum absolute atomic E-state index is 12.3. The molecule has 3 aromatic rings. The van der Waals surface area contributed by atoms with Gasteiger partial charge in [0.25, 0.3) is 5.91 Å². The molecule has 138 valence electrons. The molecule has 0 bridgehead atoms. The van der Waals surface area contributed by atoms with Gasteiger partial charge in [-0.2, -0.15) is 0 Å². The van der Waals surface area contributed by atoms with E-state index >= 15 is 0 Å². The van der Waals surface area contributed by atoms with E-state index in [9.17, 15) is 14.4 Å². The third kappa shape index (κ3) is 4.74. The minimum absolute atomic E-state index is 0.324. The van der Waals surface area contributed by atoms with Crippen molar-refractivity contribution in [2.24, 2.45) is 0 Å². The lowest BCUT2D eigenvalue weighted by atomic mass is 10.1. The van der Waals surface area contributed by atoms with Gasteiger partial charge in [0.1, 0.15) is 11.4 Å². The van der Waals surface area contributed by atoms with Gasteiger partial charge in [-0.05, 0) is 18.2 Å². The first kappa shape index (κ1) is 19.5. The van der Waals surface area contributed by atoms with Crippen molar-refractivity contribution in [3.63, 3.8) is 0 Å². The second-order valence-corrected chi connectivity index (χ2v) is 7.86. The van der Waals surface area contributed by atoms with E-state index in [4.69, 9.17) is 16.3 Å². The number of thiophene rings is 1. The Balaban J connectivity index is 1.52. The van der Waals surface area contributed by atoms with Crippen LogP contribution >= 0.6 is 38.9 Å². The highest BCUT2D eigenvalue weighted by Gasteiger charge is 2.18. The van der Waals surface area contributed by atoms with Crippen molar-refractivity contribution in [2.45, 2.75) is 0 Å². The smallest absolute Gasteiger partial charge is 0.325 e. The lowest BCUT2D eigenvalue weighted by Crippen LogP contribution is -2.31. The maximum atomic E-state index is 12.3. The monoisotopic (exact) mass is 465 g/mol. The van der Waals surface area contributed by atoms with Gasteiger partial charge in [0.05, 0.1) is 5.02 Å². The molecule has 0 saturated carbocycles. The van der Waals surface area contributed by atoms with Crippen LogP contribution in [0, 0.1) is 0 Å². The summed E-state index contributed by atoms with van der Waals surface area (Å²) >= 11 is 10.8. The standard InChI is InChI=1S/C19H13BrClNO4S/c20-12-7-5-11(6-8-12)14(23)10-26-16(24)9-22-19(25)18-17(21)13-3-1-2-4-15(13)27-18/h1-8H,9-10H2,(H,22,25). The van der Waals surface area contributed by atoms with Crippen LogP contribution in [0.1, 0.15) is 20.0 Å². The summed E-state index contributed by atoms with van der Waals surface area (Å²) in [6.07, 6.45) is 0. The lowest BCUT2D eigenvalue weighted by molar-refractivity contribution is -0.141. The van der Waals surface area contributed by atoms with E-state index in [1.54, 1.807) is 24.3 Å². The molecule has 0 spiro atoms. The third-order valence-corrected chi connectivity index (χ3v) is 5.87. The van der Waals surface area contributed by atoms with Crippen LogP contribution in [0.4, 0.5) is 0 Å². The average Bonchev–Trinajstić information content (AvgIpc) is 3.02. The summed E-state index contributed by atoms with van der Waals surface area (Å²) in [5, 5.41) is 3.61. The Hall–Kier alpha value is -2.22. The molecule has 0 saturated heterocycles. The van der Waals surface area contributed by atoms with Crippen molar-refractivity contribution in [2.75, 3.05) is 13.2 Å². The molecule has 1 heterocycles. The predicted octanol–water partition coefficient (Wildman–Crippen LogP) is 4.47. The number of halogens is 2. The van der Waals surface area contributed by atoms with Crippen LogP contribution in [0.25, 0.3) is 10.1 Å². The molecule has 0 fully saturated rings. The molecular formula is C19H13BrClNO4S. The summed E-state index contributed by atoms with van der Waals surface area (Å²) in [6, 6.07) is 14.1. The van der Waals surface area contributed by atoms with Crippen LogP contribution in [0.3, 0.4) is 0 Å². The first-order valence-electron chi connectivity index (χ1n) is 7.85. The van der Waals surface area contributed by atoms with Crippen molar-refractivity contribution in [1.82, 2.24) is 5.32 Å². The van der Waals surface area contributed by atoms with Crippen LogP contribution in [0.15, 0.2) is 53.0 Å². The number of benzene rings is 2. The second-order valence-electron chi connectivity index (χ2n) is 5.51. The van der Waals surface area contributed by atoms with E-state index in [-0.39, 0.29) is 18.9 Å². The summed E-state index contributed by atoms with van der Waals surface area (Å²) in [7, 11) is 0. The molecule has 0 aliphatic heterocycles. The molecule has 1 N–H and O–H groups in total. The molecule has 3 rings (SSSR count). The molecule has 5 nitrogen and oxygen atoms in total. The minimum atomic E-state index is -0.703. The van der Waals surface area contributed by atoms with Crippen LogP contribution in [0.5, 0.6) is 0 Å². The zero-order valence-corrected chi connectivity index (χ0v) is 17.0. The predicted molar refractivity (Wildman–Crippen MR) is 109 cm³/mol. The topological polar surface area (TPSA) is 72.5 Å². The van der Waals surface area contributed by atoms with Crippen LogP contribution in [-0.4, -0.2) is 30.8 Å². The van der Waals surface area contributed by atoms with Gasteiger partial charge in [0, 0.05) is 20.1 Å². The summed E-state index contributed by atoms with van der Waals surface area (Å²) in [4.78, 5) is 36.4. The molecule has 27 heavy (non-hydrogen) atoms. The molecule has 0 aliphatic rings. The van der Waals surface area contributed by atoms with E-state index < -0.39 is 11.9 Å². The Bertz CT molecular complexity index is 1020. The van der Waals surface area contributed by atoms with Gasteiger partial charge in [0.15, 0.2) is 12.4 Å². The molecule has 0 atom stereocenters. The number of amides is 1. The van der Waals surface area contributed by atoms with Crippen LogP contribution < -0.4 is 5.32 Å². The average molecular weight is 467 g/mol.